The molecule has 0 aliphatic rings. The van der Waals surface area contributed by atoms with Gasteiger partial charge in [-0.1, -0.05) is 38.4 Å². The SMILES string of the molecule is Cc1ccc(Cl)cc1N(CCC(C)C)CC(C)C(=O)O. The average Bonchev–Trinajstić information content (AvgIpc) is 2.36. The second-order valence-corrected chi connectivity index (χ2v) is 6.24. The number of anilines is 1. The Morgan fingerprint density at radius 3 is 2.55 bits per heavy atom. The molecule has 0 bridgehead atoms. The van der Waals surface area contributed by atoms with Crippen LogP contribution in [0.2, 0.25) is 5.02 Å². The predicted octanol–water partition coefficient (Wildman–Crippen LogP) is 4.22. The molecule has 1 unspecified atom stereocenters. The average molecular weight is 298 g/mol. The molecule has 0 saturated carbocycles. The van der Waals surface area contributed by atoms with Crippen molar-refractivity contribution in [2.45, 2.75) is 34.1 Å². The Morgan fingerprint density at radius 2 is 2.00 bits per heavy atom. The van der Waals surface area contributed by atoms with Crippen molar-refractivity contribution in [3.05, 3.63) is 28.8 Å². The van der Waals surface area contributed by atoms with Crippen molar-refractivity contribution in [1.82, 2.24) is 0 Å². The number of halogens is 1. The van der Waals surface area contributed by atoms with Gasteiger partial charge in [0.1, 0.15) is 0 Å². The van der Waals surface area contributed by atoms with Crippen LogP contribution in [0.1, 0.15) is 32.8 Å². The van der Waals surface area contributed by atoms with Crippen LogP contribution in [-0.2, 0) is 4.79 Å². The maximum Gasteiger partial charge on any atom is 0.308 e. The Kier molecular flexibility index (Phi) is 6.34. The lowest BCUT2D eigenvalue weighted by atomic mass is 10.1. The summed E-state index contributed by atoms with van der Waals surface area (Å²) >= 11 is 6.08. The molecule has 0 saturated heterocycles. The zero-order valence-electron chi connectivity index (χ0n) is 12.7. The summed E-state index contributed by atoms with van der Waals surface area (Å²) in [5.41, 5.74) is 2.15. The number of aliphatic carboxylic acids is 1. The van der Waals surface area contributed by atoms with Gasteiger partial charge < -0.3 is 10.0 Å². The largest absolute Gasteiger partial charge is 0.481 e. The Hall–Kier alpha value is -1.22. The van der Waals surface area contributed by atoms with E-state index in [1.54, 1.807) is 6.92 Å². The number of rotatable bonds is 7. The lowest BCUT2D eigenvalue weighted by molar-refractivity contribution is -0.140. The fourth-order valence-electron chi connectivity index (χ4n) is 2.06. The van der Waals surface area contributed by atoms with E-state index in [-0.39, 0.29) is 0 Å². The van der Waals surface area contributed by atoms with Crippen molar-refractivity contribution in [2.75, 3.05) is 18.0 Å². The first-order valence-corrected chi connectivity index (χ1v) is 7.43. The number of aryl methyl sites for hydroxylation is 1. The Balaban J connectivity index is 2.96. The highest BCUT2D eigenvalue weighted by atomic mass is 35.5. The first-order chi connectivity index (χ1) is 9.31. The van der Waals surface area contributed by atoms with Crippen molar-refractivity contribution in [2.24, 2.45) is 11.8 Å². The molecular formula is C16H24ClNO2. The van der Waals surface area contributed by atoms with Gasteiger partial charge in [-0.2, -0.15) is 0 Å². The molecule has 4 heteroatoms. The van der Waals surface area contributed by atoms with Gasteiger partial charge in [-0.25, -0.2) is 0 Å². The fraction of sp³-hybridized carbons (Fsp3) is 0.562. The van der Waals surface area contributed by atoms with E-state index in [9.17, 15) is 4.79 Å². The van der Waals surface area contributed by atoms with Gasteiger partial charge in [-0.05, 0) is 37.0 Å². The zero-order valence-corrected chi connectivity index (χ0v) is 13.4. The molecule has 1 rings (SSSR count). The van der Waals surface area contributed by atoms with E-state index in [1.807, 2.05) is 25.1 Å². The van der Waals surface area contributed by atoms with Crippen LogP contribution >= 0.6 is 11.6 Å². The molecule has 0 aromatic heterocycles. The van der Waals surface area contributed by atoms with E-state index < -0.39 is 11.9 Å². The van der Waals surface area contributed by atoms with Crippen molar-refractivity contribution in [3.8, 4) is 0 Å². The highest BCUT2D eigenvalue weighted by Gasteiger charge is 2.18. The van der Waals surface area contributed by atoms with Crippen molar-refractivity contribution >= 4 is 23.3 Å². The van der Waals surface area contributed by atoms with Gasteiger partial charge in [-0.3, -0.25) is 4.79 Å². The number of carboxylic acids is 1. The van der Waals surface area contributed by atoms with E-state index in [0.717, 1.165) is 24.2 Å². The standard InChI is InChI=1S/C16H24ClNO2/c1-11(2)7-8-18(10-13(4)16(19)20)15-9-14(17)6-5-12(15)3/h5-6,9,11,13H,7-8,10H2,1-4H3,(H,19,20). The fourth-order valence-corrected chi connectivity index (χ4v) is 2.22. The van der Waals surface area contributed by atoms with Crippen molar-refractivity contribution in [1.29, 1.82) is 0 Å². The van der Waals surface area contributed by atoms with Gasteiger partial charge in [0.25, 0.3) is 0 Å². The van der Waals surface area contributed by atoms with Gasteiger partial charge in [-0.15, -0.1) is 0 Å². The van der Waals surface area contributed by atoms with E-state index in [2.05, 4.69) is 18.7 Å². The number of carboxylic acid groups (broad SMARTS) is 1. The lowest BCUT2D eigenvalue weighted by Crippen LogP contribution is -2.33. The first-order valence-electron chi connectivity index (χ1n) is 7.05. The quantitative estimate of drug-likeness (QED) is 0.819. The maximum absolute atomic E-state index is 11.1. The third-order valence-corrected chi connectivity index (χ3v) is 3.64. The Morgan fingerprint density at radius 1 is 1.35 bits per heavy atom. The molecule has 20 heavy (non-hydrogen) atoms. The van der Waals surface area contributed by atoms with Gasteiger partial charge in [0.05, 0.1) is 5.92 Å². The molecule has 0 spiro atoms. The number of hydrogen-bond acceptors (Lipinski definition) is 2. The molecule has 0 radical (unpaired) electrons. The molecule has 0 amide bonds. The van der Waals surface area contributed by atoms with Gasteiger partial charge in [0, 0.05) is 23.8 Å². The topological polar surface area (TPSA) is 40.5 Å². The second-order valence-electron chi connectivity index (χ2n) is 5.80. The summed E-state index contributed by atoms with van der Waals surface area (Å²) in [6.45, 7) is 9.46. The molecule has 0 aliphatic heterocycles. The summed E-state index contributed by atoms with van der Waals surface area (Å²) in [5, 5.41) is 9.81. The van der Waals surface area contributed by atoms with Crippen LogP contribution in [0.25, 0.3) is 0 Å². The van der Waals surface area contributed by atoms with Crippen LogP contribution in [0.5, 0.6) is 0 Å². The summed E-state index contributed by atoms with van der Waals surface area (Å²) < 4.78 is 0. The first kappa shape index (κ1) is 16.8. The van der Waals surface area contributed by atoms with Crippen LogP contribution in [0.3, 0.4) is 0 Å². The summed E-state index contributed by atoms with van der Waals surface area (Å²) in [6.07, 6.45) is 1.03. The van der Waals surface area contributed by atoms with Crippen molar-refractivity contribution in [3.63, 3.8) is 0 Å². The molecule has 112 valence electrons. The Bertz CT molecular complexity index is 460. The number of nitrogens with zero attached hydrogens (tertiary/aromatic N) is 1. The number of hydrogen-bond donors (Lipinski definition) is 1. The normalized spacial score (nSPS) is 12.5. The summed E-state index contributed by atoms with van der Waals surface area (Å²) in [6, 6.07) is 5.76. The molecule has 1 atom stereocenters. The summed E-state index contributed by atoms with van der Waals surface area (Å²) in [5.74, 6) is -0.586. The van der Waals surface area contributed by atoms with Gasteiger partial charge in [0.2, 0.25) is 0 Å². The number of benzene rings is 1. The van der Waals surface area contributed by atoms with Crippen molar-refractivity contribution < 1.29 is 9.90 Å². The van der Waals surface area contributed by atoms with Crippen LogP contribution in [0, 0.1) is 18.8 Å². The number of carbonyl (C=O) groups is 1. The predicted molar refractivity (Wildman–Crippen MR) is 84.7 cm³/mol. The minimum absolute atomic E-state index is 0.402. The van der Waals surface area contributed by atoms with Crippen LogP contribution in [-0.4, -0.2) is 24.2 Å². The molecule has 3 nitrogen and oxygen atoms in total. The van der Waals surface area contributed by atoms with Gasteiger partial charge in [0.15, 0.2) is 0 Å². The minimum Gasteiger partial charge on any atom is -0.481 e. The molecule has 0 fully saturated rings. The van der Waals surface area contributed by atoms with Gasteiger partial charge >= 0.3 is 5.97 Å². The molecular weight excluding hydrogens is 274 g/mol. The monoisotopic (exact) mass is 297 g/mol. The summed E-state index contributed by atoms with van der Waals surface area (Å²) in [4.78, 5) is 13.2. The molecule has 1 N–H and O–H groups in total. The molecule has 0 heterocycles. The maximum atomic E-state index is 11.1. The zero-order chi connectivity index (χ0) is 15.3. The van der Waals surface area contributed by atoms with E-state index in [4.69, 9.17) is 16.7 Å². The minimum atomic E-state index is -0.765. The second kappa shape index (κ2) is 7.53. The van der Waals surface area contributed by atoms with E-state index >= 15 is 0 Å². The van der Waals surface area contributed by atoms with E-state index in [0.29, 0.717) is 17.5 Å². The third kappa shape index (κ3) is 5.04. The van der Waals surface area contributed by atoms with E-state index in [1.165, 1.54) is 0 Å². The molecule has 1 aromatic carbocycles. The molecule has 1 aromatic rings. The third-order valence-electron chi connectivity index (χ3n) is 3.40. The highest BCUT2D eigenvalue weighted by molar-refractivity contribution is 6.30. The van der Waals surface area contributed by atoms with Crippen LogP contribution in [0.15, 0.2) is 18.2 Å². The van der Waals surface area contributed by atoms with Crippen LogP contribution in [0.4, 0.5) is 5.69 Å². The smallest absolute Gasteiger partial charge is 0.308 e. The lowest BCUT2D eigenvalue weighted by Gasteiger charge is -2.29. The Labute approximate surface area is 126 Å². The highest BCUT2D eigenvalue weighted by Crippen LogP contribution is 2.26. The van der Waals surface area contributed by atoms with Crippen LogP contribution < -0.4 is 4.90 Å². The summed E-state index contributed by atoms with van der Waals surface area (Å²) in [7, 11) is 0. The molecule has 0 aliphatic carbocycles.